The van der Waals surface area contributed by atoms with Crippen LogP contribution < -0.4 is 0 Å². The number of aryl methyl sites for hydroxylation is 1. The number of carbonyl (C=O) groups excluding carboxylic acids is 1. The van der Waals surface area contributed by atoms with E-state index in [9.17, 15) is 4.79 Å². The van der Waals surface area contributed by atoms with Crippen molar-refractivity contribution in [2.75, 3.05) is 13.1 Å². The van der Waals surface area contributed by atoms with E-state index >= 15 is 0 Å². The molecule has 1 saturated heterocycles. The molecule has 1 amide bonds. The highest BCUT2D eigenvalue weighted by Gasteiger charge is 2.23. The Bertz CT molecular complexity index is 642. The van der Waals surface area contributed by atoms with Crippen molar-refractivity contribution >= 4 is 5.91 Å². The minimum atomic E-state index is 0.177. The molecule has 7 nitrogen and oxygen atoms in total. The van der Waals surface area contributed by atoms with Gasteiger partial charge in [-0.25, -0.2) is 4.98 Å². The second-order valence-electron chi connectivity index (χ2n) is 6.77. The Morgan fingerprint density at radius 2 is 2.21 bits per heavy atom. The molecule has 130 valence electrons. The van der Waals surface area contributed by atoms with Crippen LogP contribution in [-0.4, -0.2) is 44.0 Å². The van der Waals surface area contributed by atoms with E-state index in [2.05, 4.69) is 20.1 Å². The minimum absolute atomic E-state index is 0.177. The molecule has 2 aromatic heterocycles. The molecule has 1 N–H and O–H groups in total. The predicted octanol–water partition coefficient (Wildman–Crippen LogP) is 2.33. The van der Waals surface area contributed by atoms with Crippen LogP contribution in [0.2, 0.25) is 0 Å². The summed E-state index contributed by atoms with van der Waals surface area (Å²) in [5.41, 5.74) is 0. The molecule has 0 radical (unpaired) electrons. The fourth-order valence-electron chi connectivity index (χ4n) is 3.05. The maximum Gasteiger partial charge on any atom is 0.227 e. The first-order valence-electron chi connectivity index (χ1n) is 8.70. The lowest BCUT2D eigenvalue weighted by atomic mass is 9.93. The summed E-state index contributed by atoms with van der Waals surface area (Å²) < 4.78 is 5.20. The van der Waals surface area contributed by atoms with Crippen molar-refractivity contribution in [1.82, 2.24) is 25.0 Å². The van der Waals surface area contributed by atoms with Gasteiger partial charge in [-0.2, -0.15) is 4.98 Å². The lowest BCUT2D eigenvalue weighted by Crippen LogP contribution is -2.39. The number of aromatic amines is 1. The van der Waals surface area contributed by atoms with Crippen LogP contribution in [0.15, 0.2) is 16.9 Å². The third-order valence-electron chi connectivity index (χ3n) is 4.56. The van der Waals surface area contributed by atoms with Crippen LogP contribution in [0.4, 0.5) is 0 Å². The Kier molecular flexibility index (Phi) is 5.27. The molecule has 0 spiro atoms. The molecule has 0 aromatic carbocycles. The zero-order valence-corrected chi connectivity index (χ0v) is 14.4. The van der Waals surface area contributed by atoms with Crippen LogP contribution in [0.1, 0.15) is 56.6 Å². The number of amides is 1. The summed E-state index contributed by atoms with van der Waals surface area (Å²) in [5.74, 6) is 3.32. The Balaban J connectivity index is 1.41. The average Bonchev–Trinajstić information content (AvgIpc) is 3.25. The quantitative estimate of drug-likeness (QED) is 0.877. The maximum absolute atomic E-state index is 12.4. The van der Waals surface area contributed by atoms with E-state index in [1.54, 1.807) is 6.20 Å². The molecular weight excluding hydrogens is 306 g/mol. The number of rotatable bonds is 6. The number of H-pyrrole nitrogens is 1. The van der Waals surface area contributed by atoms with Crippen molar-refractivity contribution in [3.63, 3.8) is 0 Å². The van der Waals surface area contributed by atoms with Gasteiger partial charge in [0.05, 0.1) is 0 Å². The Morgan fingerprint density at radius 3 is 2.83 bits per heavy atom. The molecule has 1 fully saturated rings. The van der Waals surface area contributed by atoms with E-state index in [4.69, 9.17) is 4.52 Å². The van der Waals surface area contributed by atoms with Crippen LogP contribution in [0.5, 0.6) is 0 Å². The SMILES string of the molecule is CC(C)c1noc(CCC(=O)N2CCC(Cc3ncc[nH]3)CC2)n1. The second kappa shape index (κ2) is 7.59. The highest BCUT2D eigenvalue weighted by molar-refractivity contribution is 5.76. The molecule has 2 aromatic rings. The molecule has 0 atom stereocenters. The first kappa shape index (κ1) is 16.7. The summed E-state index contributed by atoms with van der Waals surface area (Å²) >= 11 is 0. The Morgan fingerprint density at radius 1 is 1.42 bits per heavy atom. The van der Waals surface area contributed by atoms with Gasteiger partial charge in [-0.1, -0.05) is 19.0 Å². The second-order valence-corrected chi connectivity index (χ2v) is 6.77. The van der Waals surface area contributed by atoms with Gasteiger partial charge in [0.25, 0.3) is 0 Å². The predicted molar refractivity (Wildman–Crippen MR) is 88.3 cm³/mol. The number of nitrogens with one attached hydrogen (secondary N) is 1. The Labute approximate surface area is 141 Å². The van der Waals surface area contributed by atoms with Crippen molar-refractivity contribution in [3.05, 3.63) is 29.9 Å². The molecule has 1 aliphatic heterocycles. The summed E-state index contributed by atoms with van der Waals surface area (Å²) in [6.07, 6.45) is 7.63. The first-order chi connectivity index (χ1) is 11.6. The topological polar surface area (TPSA) is 87.9 Å². The number of imidazole rings is 1. The van der Waals surface area contributed by atoms with Gasteiger partial charge in [-0.15, -0.1) is 0 Å². The number of piperidine rings is 1. The van der Waals surface area contributed by atoms with Gasteiger partial charge in [-0.05, 0) is 18.8 Å². The van der Waals surface area contributed by atoms with Crippen LogP contribution in [-0.2, 0) is 17.6 Å². The molecule has 0 bridgehead atoms. The third kappa shape index (κ3) is 4.21. The van der Waals surface area contributed by atoms with Crippen LogP contribution in [0.25, 0.3) is 0 Å². The molecule has 0 unspecified atom stereocenters. The summed E-state index contributed by atoms with van der Waals surface area (Å²) in [4.78, 5) is 26.1. The smallest absolute Gasteiger partial charge is 0.227 e. The lowest BCUT2D eigenvalue weighted by molar-refractivity contribution is -0.132. The molecular formula is C17H25N5O2. The number of likely N-dealkylation sites (tertiary alicyclic amines) is 1. The van der Waals surface area contributed by atoms with Gasteiger partial charge < -0.3 is 14.4 Å². The number of hydrogen-bond donors (Lipinski definition) is 1. The van der Waals surface area contributed by atoms with E-state index in [-0.39, 0.29) is 11.8 Å². The van der Waals surface area contributed by atoms with E-state index in [1.165, 1.54) is 0 Å². The van der Waals surface area contributed by atoms with Crippen molar-refractivity contribution in [2.24, 2.45) is 5.92 Å². The standard InChI is InChI=1S/C17H25N5O2/c1-12(2)17-20-15(24-21-17)3-4-16(23)22-9-5-13(6-10-22)11-14-18-7-8-19-14/h7-8,12-13H,3-6,9-11H2,1-2H3,(H,18,19). The molecule has 24 heavy (non-hydrogen) atoms. The van der Waals surface area contributed by atoms with Gasteiger partial charge >= 0.3 is 0 Å². The van der Waals surface area contributed by atoms with Gasteiger partial charge in [0.1, 0.15) is 5.82 Å². The number of hydrogen-bond acceptors (Lipinski definition) is 5. The normalized spacial score (nSPS) is 16.0. The van der Waals surface area contributed by atoms with E-state index in [0.717, 1.165) is 38.2 Å². The molecule has 0 saturated carbocycles. The highest BCUT2D eigenvalue weighted by atomic mass is 16.5. The number of carbonyl (C=O) groups is 1. The highest BCUT2D eigenvalue weighted by Crippen LogP contribution is 2.21. The van der Waals surface area contributed by atoms with E-state index < -0.39 is 0 Å². The summed E-state index contributed by atoms with van der Waals surface area (Å²) in [6, 6.07) is 0. The van der Waals surface area contributed by atoms with Crippen molar-refractivity contribution < 1.29 is 9.32 Å². The number of nitrogens with zero attached hydrogens (tertiary/aromatic N) is 4. The van der Waals surface area contributed by atoms with Crippen LogP contribution >= 0.6 is 0 Å². The average molecular weight is 331 g/mol. The fourth-order valence-corrected chi connectivity index (χ4v) is 3.05. The zero-order valence-electron chi connectivity index (χ0n) is 14.4. The largest absolute Gasteiger partial charge is 0.349 e. The summed E-state index contributed by atoms with van der Waals surface area (Å²) in [7, 11) is 0. The zero-order chi connectivity index (χ0) is 16.9. The lowest BCUT2D eigenvalue weighted by Gasteiger charge is -2.31. The molecule has 3 heterocycles. The minimum Gasteiger partial charge on any atom is -0.349 e. The van der Waals surface area contributed by atoms with E-state index in [0.29, 0.717) is 30.5 Å². The van der Waals surface area contributed by atoms with Crippen LogP contribution in [0.3, 0.4) is 0 Å². The van der Waals surface area contributed by atoms with Crippen molar-refractivity contribution in [1.29, 1.82) is 0 Å². The van der Waals surface area contributed by atoms with Gasteiger partial charge in [0, 0.05) is 50.7 Å². The Hall–Kier alpha value is -2.18. The van der Waals surface area contributed by atoms with Crippen molar-refractivity contribution in [3.8, 4) is 0 Å². The molecule has 1 aliphatic rings. The summed E-state index contributed by atoms with van der Waals surface area (Å²) in [5, 5.41) is 3.93. The molecule has 0 aliphatic carbocycles. The fraction of sp³-hybridized carbons (Fsp3) is 0.647. The van der Waals surface area contributed by atoms with Crippen molar-refractivity contribution in [2.45, 2.75) is 51.9 Å². The molecule has 3 rings (SSSR count). The van der Waals surface area contributed by atoms with Gasteiger partial charge in [-0.3, -0.25) is 4.79 Å². The van der Waals surface area contributed by atoms with Gasteiger partial charge in [0.15, 0.2) is 5.82 Å². The monoisotopic (exact) mass is 331 g/mol. The summed E-state index contributed by atoms with van der Waals surface area (Å²) in [6.45, 7) is 5.69. The first-order valence-corrected chi connectivity index (χ1v) is 8.70. The molecule has 7 heteroatoms. The number of aromatic nitrogens is 4. The van der Waals surface area contributed by atoms with Gasteiger partial charge in [0.2, 0.25) is 11.8 Å². The van der Waals surface area contributed by atoms with E-state index in [1.807, 2.05) is 24.9 Å². The maximum atomic E-state index is 12.4. The third-order valence-corrected chi connectivity index (χ3v) is 4.56. The van der Waals surface area contributed by atoms with Crippen LogP contribution in [0, 0.1) is 5.92 Å².